The van der Waals surface area contributed by atoms with Crippen LogP contribution in [0.3, 0.4) is 0 Å². The average molecular weight is 415 g/mol. The van der Waals surface area contributed by atoms with Gasteiger partial charge in [-0.2, -0.15) is 0 Å². The monoisotopic (exact) mass is 414 g/mol. The van der Waals surface area contributed by atoms with E-state index in [1.54, 1.807) is 24.3 Å². The molecule has 0 spiro atoms. The Kier molecular flexibility index (Phi) is 6.77. The van der Waals surface area contributed by atoms with Gasteiger partial charge in [0.1, 0.15) is 0 Å². The number of carbonyl (C=O) groups excluding carboxylic acids is 3. The maximum Gasteiger partial charge on any atom is 0.293 e. The number of rotatable bonds is 5. The van der Waals surface area contributed by atoms with Crippen LogP contribution in [0, 0.1) is 5.41 Å². The molecule has 0 radical (unpaired) electrons. The molecule has 1 aliphatic rings. The zero-order valence-corrected chi connectivity index (χ0v) is 17.1. The summed E-state index contributed by atoms with van der Waals surface area (Å²) in [4.78, 5) is 37.8. The summed E-state index contributed by atoms with van der Waals surface area (Å²) in [6.07, 6.45) is 1.93. The van der Waals surface area contributed by atoms with E-state index in [-0.39, 0.29) is 34.6 Å². The van der Waals surface area contributed by atoms with Gasteiger partial charge >= 0.3 is 0 Å². The lowest BCUT2D eigenvalue weighted by molar-refractivity contribution is -0.125. The second-order valence-electron chi connectivity index (χ2n) is 7.06. The van der Waals surface area contributed by atoms with E-state index in [0.717, 1.165) is 16.7 Å². The van der Waals surface area contributed by atoms with Crippen LogP contribution in [0.15, 0.2) is 23.1 Å². The first-order valence-corrected chi connectivity index (χ1v) is 9.62. The SMILES string of the molecule is CC(C)(C)CC(=O)NCCN1C(=O)S/C(=C\c2cccc(Cl)c2Cl)C1=O. The van der Waals surface area contributed by atoms with E-state index in [2.05, 4.69) is 5.32 Å². The minimum absolute atomic E-state index is 0.106. The molecule has 0 unspecified atom stereocenters. The molecule has 0 atom stereocenters. The van der Waals surface area contributed by atoms with Gasteiger partial charge in [0.15, 0.2) is 0 Å². The number of benzene rings is 1. The summed E-state index contributed by atoms with van der Waals surface area (Å²) >= 11 is 12.9. The minimum Gasteiger partial charge on any atom is -0.354 e. The van der Waals surface area contributed by atoms with Gasteiger partial charge < -0.3 is 5.32 Å². The fourth-order valence-corrected chi connectivity index (χ4v) is 3.54. The van der Waals surface area contributed by atoms with Crippen molar-refractivity contribution in [2.24, 2.45) is 5.41 Å². The Morgan fingerprint density at radius 2 is 1.96 bits per heavy atom. The molecule has 1 aliphatic heterocycles. The fourth-order valence-electron chi connectivity index (χ4n) is 2.32. The van der Waals surface area contributed by atoms with Crippen LogP contribution in [0.5, 0.6) is 0 Å². The molecule has 1 aromatic rings. The van der Waals surface area contributed by atoms with Gasteiger partial charge in [0.05, 0.1) is 15.0 Å². The molecule has 0 bridgehead atoms. The molecule has 1 heterocycles. The Morgan fingerprint density at radius 3 is 2.62 bits per heavy atom. The lowest BCUT2D eigenvalue weighted by atomic mass is 9.92. The van der Waals surface area contributed by atoms with E-state index >= 15 is 0 Å². The van der Waals surface area contributed by atoms with Crippen LogP contribution < -0.4 is 5.32 Å². The molecule has 26 heavy (non-hydrogen) atoms. The van der Waals surface area contributed by atoms with Crippen LogP contribution in [0.2, 0.25) is 10.0 Å². The van der Waals surface area contributed by atoms with E-state index in [1.165, 1.54) is 0 Å². The number of hydrogen-bond acceptors (Lipinski definition) is 4. The second kappa shape index (κ2) is 8.46. The largest absolute Gasteiger partial charge is 0.354 e. The summed E-state index contributed by atoms with van der Waals surface area (Å²) in [7, 11) is 0. The summed E-state index contributed by atoms with van der Waals surface area (Å²) in [6.45, 7) is 6.25. The number of nitrogens with one attached hydrogen (secondary N) is 1. The normalized spacial score (nSPS) is 16.5. The zero-order chi connectivity index (χ0) is 19.5. The van der Waals surface area contributed by atoms with Crippen LogP contribution in [-0.4, -0.2) is 35.0 Å². The molecule has 0 aromatic heterocycles. The van der Waals surface area contributed by atoms with Gasteiger partial charge in [-0.25, -0.2) is 0 Å². The standard InChI is InChI=1S/C18H20Cl2N2O3S/c1-18(2,3)10-14(23)21-7-8-22-16(24)13(26-17(22)25)9-11-5-4-6-12(19)15(11)20/h4-6,9H,7-8,10H2,1-3H3,(H,21,23)/b13-9-. The number of nitrogens with zero attached hydrogens (tertiary/aromatic N) is 1. The summed E-state index contributed by atoms with van der Waals surface area (Å²) in [5.74, 6) is -0.508. The Bertz CT molecular complexity index is 772. The predicted octanol–water partition coefficient (Wildman–Crippen LogP) is 4.58. The topological polar surface area (TPSA) is 66.5 Å². The van der Waals surface area contributed by atoms with E-state index < -0.39 is 5.91 Å². The maximum absolute atomic E-state index is 12.4. The first kappa shape index (κ1) is 20.8. The number of carbonyl (C=O) groups is 3. The molecular formula is C18H20Cl2N2O3S. The molecule has 8 heteroatoms. The Balaban J connectivity index is 1.99. The van der Waals surface area contributed by atoms with E-state index in [1.807, 2.05) is 20.8 Å². The molecule has 1 N–H and O–H groups in total. The van der Waals surface area contributed by atoms with Crippen molar-refractivity contribution in [2.75, 3.05) is 13.1 Å². The highest BCUT2D eigenvalue weighted by atomic mass is 35.5. The maximum atomic E-state index is 12.4. The number of hydrogen-bond donors (Lipinski definition) is 1. The van der Waals surface area contributed by atoms with E-state index in [9.17, 15) is 14.4 Å². The first-order chi connectivity index (χ1) is 12.1. The molecule has 2 rings (SSSR count). The van der Waals surface area contributed by atoms with Crippen molar-refractivity contribution < 1.29 is 14.4 Å². The highest BCUT2D eigenvalue weighted by Crippen LogP contribution is 2.34. The Labute approximate surface area is 167 Å². The predicted molar refractivity (Wildman–Crippen MR) is 106 cm³/mol. The third-order valence-corrected chi connectivity index (χ3v) is 5.23. The van der Waals surface area contributed by atoms with Crippen LogP contribution in [0.25, 0.3) is 6.08 Å². The van der Waals surface area contributed by atoms with Crippen molar-refractivity contribution in [3.63, 3.8) is 0 Å². The Hall–Kier alpha value is -1.50. The van der Waals surface area contributed by atoms with Crippen LogP contribution in [0.4, 0.5) is 4.79 Å². The number of halogens is 2. The summed E-state index contributed by atoms with van der Waals surface area (Å²) in [6, 6.07) is 5.08. The highest BCUT2D eigenvalue weighted by molar-refractivity contribution is 8.18. The van der Waals surface area contributed by atoms with Gasteiger partial charge in [-0.15, -0.1) is 0 Å². The molecule has 5 nitrogen and oxygen atoms in total. The van der Waals surface area contributed by atoms with Crippen molar-refractivity contribution in [1.82, 2.24) is 10.2 Å². The van der Waals surface area contributed by atoms with Crippen molar-refractivity contribution in [1.29, 1.82) is 0 Å². The number of amides is 3. The number of thioether (sulfide) groups is 1. The van der Waals surface area contributed by atoms with Crippen LogP contribution in [0.1, 0.15) is 32.8 Å². The number of imide groups is 1. The quantitative estimate of drug-likeness (QED) is 0.715. The van der Waals surface area contributed by atoms with Gasteiger partial charge in [-0.1, -0.05) is 56.1 Å². The first-order valence-electron chi connectivity index (χ1n) is 8.04. The van der Waals surface area contributed by atoms with Crippen LogP contribution in [-0.2, 0) is 9.59 Å². The smallest absolute Gasteiger partial charge is 0.293 e. The van der Waals surface area contributed by atoms with Crippen molar-refractivity contribution in [2.45, 2.75) is 27.2 Å². The fraction of sp³-hybridized carbons (Fsp3) is 0.389. The van der Waals surface area contributed by atoms with E-state index in [0.29, 0.717) is 22.0 Å². The second-order valence-corrected chi connectivity index (χ2v) is 8.84. The Morgan fingerprint density at radius 1 is 1.27 bits per heavy atom. The van der Waals surface area contributed by atoms with Gasteiger partial charge in [-0.05, 0) is 34.9 Å². The zero-order valence-electron chi connectivity index (χ0n) is 14.8. The van der Waals surface area contributed by atoms with Gasteiger partial charge in [0.2, 0.25) is 5.91 Å². The minimum atomic E-state index is -0.402. The molecule has 1 aromatic carbocycles. The summed E-state index contributed by atoms with van der Waals surface area (Å²) < 4.78 is 0. The lowest BCUT2D eigenvalue weighted by Gasteiger charge is -2.18. The third kappa shape index (κ3) is 5.50. The third-order valence-electron chi connectivity index (χ3n) is 3.49. The lowest BCUT2D eigenvalue weighted by Crippen LogP contribution is -2.38. The van der Waals surface area contributed by atoms with Gasteiger partial charge in [0.25, 0.3) is 11.1 Å². The van der Waals surface area contributed by atoms with Crippen LogP contribution >= 0.6 is 35.0 Å². The molecule has 0 saturated carbocycles. The van der Waals surface area contributed by atoms with Gasteiger partial charge in [-0.3, -0.25) is 19.3 Å². The molecular weight excluding hydrogens is 395 g/mol. The van der Waals surface area contributed by atoms with Crippen molar-refractivity contribution in [3.8, 4) is 0 Å². The molecule has 3 amide bonds. The molecule has 140 valence electrons. The molecule has 1 fully saturated rings. The summed E-state index contributed by atoms with van der Waals surface area (Å²) in [5, 5.41) is 3.07. The molecule has 1 saturated heterocycles. The summed E-state index contributed by atoms with van der Waals surface area (Å²) in [5.41, 5.74) is 0.453. The van der Waals surface area contributed by atoms with E-state index in [4.69, 9.17) is 23.2 Å². The highest BCUT2D eigenvalue weighted by Gasteiger charge is 2.34. The van der Waals surface area contributed by atoms with Crippen molar-refractivity contribution in [3.05, 3.63) is 38.7 Å². The average Bonchev–Trinajstić information content (AvgIpc) is 2.77. The molecule has 0 aliphatic carbocycles. The van der Waals surface area contributed by atoms with Crippen molar-refractivity contribution >= 4 is 58.1 Å². The van der Waals surface area contributed by atoms with Gasteiger partial charge in [0, 0.05) is 19.5 Å².